The van der Waals surface area contributed by atoms with E-state index in [4.69, 9.17) is 21.4 Å². The summed E-state index contributed by atoms with van der Waals surface area (Å²) in [7, 11) is 1.47. The summed E-state index contributed by atoms with van der Waals surface area (Å²) in [6.07, 6.45) is -0.265. The van der Waals surface area contributed by atoms with Crippen LogP contribution in [-0.2, 0) is 4.79 Å². The quantitative estimate of drug-likeness (QED) is 0.836. The van der Waals surface area contributed by atoms with Crippen molar-refractivity contribution in [3.05, 3.63) is 27.8 Å². The number of carbonyl (C=O) groups is 2. The van der Waals surface area contributed by atoms with Crippen LogP contribution >= 0.6 is 11.6 Å². The minimum atomic E-state index is -1.00. The molecule has 4 nitrogen and oxygen atoms in total. The first-order chi connectivity index (χ1) is 8.38. The van der Waals surface area contributed by atoms with Gasteiger partial charge in [-0.3, -0.25) is 9.59 Å². The molecule has 1 aromatic carbocycles. The zero-order valence-corrected chi connectivity index (χ0v) is 11.3. The van der Waals surface area contributed by atoms with Crippen molar-refractivity contribution in [1.82, 2.24) is 0 Å². The summed E-state index contributed by atoms with van der Waals surface area (Å²) in [4.78, 5) is 22.5. The van der Waals surface area contributed by atoms with Gasteiger partial charge in [-0.2, -0.15) is 0 Å². The first kappa shape index (κ1) is 14.5. The lowest BCUT2D eigenvalue weighted by Crippen LogP contribution is -2.08. The molecule has 0 spiro atoms. The third-order valence-corrected chi connectivity index (χ3v) is 3.29. The van der Waals surface area contributed by atoms with E-state index >= 15 is 0 Å². The van der Waals surface area contributed by atoms with Gasteiger partial charge in [-0.15, -0.1) is 0 Å². The number of carboxylic acids is 1. The minimum Gasteiger partial charge on any atom is -0.496 e. The van der Waals surface area contributed by atoms with Gasteiger partial charge in [0, 0.05) is 11.4 Å². The highest BCUT2D eigenvalue weighted by atomic mass is 35.5. The maximum atomic E-state index is 12.0. The number of ketones is 1. The summed E-state index contributed by atoms with van der Waals surface area (Å²) in [6.45, 7) is 3.55. The second kappa shape index (κ2) is 5.87. The Morgan fingerprint density at radius 2 is 1.94 bits per heavy atom. The highest BCUT2D eigenvalue weighted by Gasteiger charge is 2.19. The summed E-state index contributed by atoms with van der Waals surface area (Å²) >= 11 is 6.09. The average Bonchev–Trinajstić information content (AvgIpc) is 2.32. The van der Waals surface area contributed by atoms with E-state index in [-0.39, 0.29) is 18.6 Å². The molecule has 0 unspecified atom stereocenters. The van der Waals surface area contributed by atoms with E-state index in [2.05, 4.69) is 0 Å². The van der Waals surface area contributed by atoms with Crippen LogP contribution in [-0.4, -0.2) is 24.0 Å². The number of hydrogen-bond acceptors (Lipinski definition) is 3. The van der Waals surface area contributed by atoms with Gasteiger partial charge >= 0.3 is 5.97 Å². The van der Waals surface area contributed by atoms with Crippen molar-refractivity contribution in [3.8, 4) is 5.75 Å². The van der Waals surface area contributed by atoms with E-state index < -0.39 is 5.97 Å². The fourth-order valence-electron chi connectivity index (χ4n) is 1.78. The Balaban J connectivity index is 3.18. The van der Waals surface area contributed by atoms with E-state index in [1.165, 1.54) is 7.11 Å². The maximum Gasteiger partial charge on any atom is 0.303 e. The third kappa shape index (κ3) is 3.01. The van der Waals surface area contributed by atoms with Crippen molar-refractivity contribution in [3.63, 3.8) is 0 Å². The number of carbonyl (C=O) groups excluding carboxylic acids is 1. The van der Waals surface area contributed by atoms with E-state index in [1.807, 2.05) is 6.92 Å². The lowest BCUT2D eigenvalue weighted by atomic mass is 9.98. The molecule has 0 saturated heterocycles. The Kier molecular flexibility index (Phi) is 4.73. The zero-order valence-electron chi connectivity index (χ0n) is 10.5. The average molecular weight is 271 g/mol. The van der Waals surface area contributed by atoms with Gasteiger partial charge in [0.2, 0.25) is 0 Å². The zero-order chi connectivity index (χ0) is 13.9. The number of hydrogen-bond donors (Lipinski definition) is 1. The largest absolute Gasteiger partial charge is 0.496 e. The standard InChI is InChI=1S/C13H15ClO4/c1-7-6-10(18-3)12(8(2)13(7)14)9(15)4-5-11(16)17/h6H,4-5H2,1-3H3,(H,16,17). The van der Waals surface area contributed by atoms with Crippen molar-refractivity contribution in [2.24, 2.45) is 0 Å². The highest BCUT2D eigenvalue weighted by molar-refractivity contribution is 6.32. The number of halogens is 1. The summed E-state index contributed by atoms with van der Waals surface area (Å²) in [5.41, 5.74) is 1.82. The topological polar surface area (TPSA) is 63.6 Å². The summed E-state index contributed by atoms with van der Waals surface area (Å²) in [5.74, 6) is -0.836. The number of aliphatic carboxylic acids is 1. The van der Waals surface area contributed by atoms with E-state index in [0.717, 1.165) is 5.56 Å². The van der Waals surface area contributed by atoms with Gasteiger partial charge in [0.1, 0.15) is 5.75 Å². The molecule has 0 aromatic heterocycles. The summed E-state index contributed by atoms with van der Waals surface area (Å²) in [5, 5.41) is 9.10. The summed E-state index contributed by atoms with van der Waals surface area (Å²) in [6, 6.07) is 1.68. The van der Waals surface area contributed by atoms with Crippen LogP contribution in [0.1, 0.15) is 34.3 Å². The molecule has 5 heteroatoms. The van der Waals surface area contributed by atoms with Crippen molar-refractivity contribution >= 4 is 23.4 Å². The molecule has 0 saturated carbocycles. The van der Waals surface area contributed by atoms with Crippen LogP contribution in [0, 0.1) is 13.8 Å². The van der Waals surface area contributed by atoms with Gasteiger partial charge in [0.25, 0.3) is 0 Å². The molecule has 0 aliphatic rings. The van der Waals surface area contributed by atoms with Crippen molar-refractivity contribution < 1.29 is 19.4 Å². The van der Waals surface area contributed by atoms with Crippen LogP contribution in [0.3, 0.4) is 0 Å². The number of carboxylic acid groups (broad SMARTS) is 1. The molecule has 0 aliphatic heterocycles. The number of Topliss-reactive ketones (excluding diaryl/α,β-unsaturated/α-hetero) is 1. The molecule has 0 radical (unpaired) electrons. The smallest absolute Gasteiger partial charge is 0.303 e. The van der Waals surface area contributed by atoms with Crippen molar-refractivity contribution in [2.75, 3.05) is 7.11 Å². The van der Waals surface area contributed by atoms with Crippen molar-refractivity contribution in [2.45, 2.75) is 26.7 Å². The Bertz CT molecular complexity index is 494. The van der Waals surface area contributed by atoms with Gasteiger partial charge in [-0.25, -0.2) is 0 Å². The Morgan fingerprint density at radius 3 is 2.44 bits per heavy atom. The van der Waals surface area contributed by atoms with Crippen LogP contribution < -0.4 is 4.74 Å². The number of benzene rings is 1. The van der Waals surface area contributed by atoms with Gasteiger partial charge in [-0.05, 0) is 31.0 Å². The molecular formula is C13H15ClO4. The maximum absolute atomic E-state index is 12.0. The van der Waals surface area contributed by atoms with Gasteiger partial charge < -0.3 is 9.84 Å². The van der Waals surface area contributed by atoms with Crippen LogP contribution in [0.2, 0.25) is 5.02 Å². The molecule has 0 bridgehead atoms. The van der Waals surface area contributed by atoms with Crippen molar-refractivity contribution in [1.29, 1.82) is 0 Å². The van der Waals surface area contributed by atoms with Crippen LogP contribution in [0.5, 0.6) is 5.75 Å². The Labute approximate surface area is 111 Å². The second-order valence-electron chi connectivity index (χ2n) is 4.03. The van der Waals surface area contributed by atoms with E-state index in [9.17, 15) is 9.59 Å². The molecule has 1 N–H and O–H groups in total. The van der Waals surface area contributed by atoms with Crippen LogP contribution in [0.4, 0.5) is 0 Å². The molecule has 0 atom stereocenters. The number of rotatable bonds is 5. The van der Waals surface area contributed by atoms with Gasteiger partial charge in [-0.1, -0.05) is 11.6 Å². The van der Waals surface area contributed by atoms with Crippen LogP contribution in [0.15, 0.2) is 6.07 Å². The SMILES string of the molecule is COc1cc(C)c(Cl)c(C)c1C(=O)CCC(=O)O. The normalized spacial score (nSPS) is 10.2. The fraction of sp³-hybridized carbons (Fsp3) is 0.385. The first-order valence-corrected chi connectivity index (χ1v) is 5.85. The highest BCUT2D eigenvalue weighted by Crippen LogP contribution is 2.32. The third-order valence-electron chi connectivity index (χ3n) is 2.71. The summed E-state index contributed by atoms with van der Waals surface area (Å²) < 4.78 is 5.16. The molecular weight excluding hydrogens is 256 g/mol. The molecule has 0 fully saturated rings. The molecule has 0 aliphatic carbocycles. The predicted molar refractivity (Wildman–Crippen MR) is 68.7 cm³/mol. The van der Waals surface area contributed by atoms with Gasteiger partial charge in [0.15, 0.2) is 5.78 Å². The predicted octanol–water partition coefficient (Wildman–Crippen LogP) is 3.01. The lowest BCUT2D eigenvalue weighted by molar-refractivity contribution is -0.136. The van der Waals surface area contributed by atoms with Crippen LogP contribution in [0.25, 0.3) is 0 Å². The molecule has 0 amide bonds. The fourth-order valence-corrected chi connectivity index (χ4v) is 1.92. The molecule has 0 heterocycles. The lowest BCUT2D eigenvalue weighted by Gasteiger charge is -2.13. The number of aryl methyl sites for hydroxylation is 1. The number of ether oxygens (including phenoxy) is 1. The Morgan fingerprint density at radius 1 is 1.33 bits per heavy atom. The monoisotopic (exact) mass is 270 g/mol. The van der Waals surface area contributed by atoms with E-state index in [1.54, 1.807) is 13.0 Å². The second-order valence-corrected chi connectivity index (χ2v) is 4.40. The first-order valence-electron chi connectivity index (χ1n) is 5.47. The number of methoxy groups -OCH3 is 1. The molecule has 1 rings (SSSR count). The molecule has 98 valence electrons. The van der Waals surface area contributed by atoms with Gasteiger partial charge in [0.05, 0.1) is 19.1 Å². The van der Waals surface area contributed by atoms with E-state index in [0.29, 0.717) is 21.9 Å². The minimum absolute atomic E-state index is 0.0636. The molecule has 1 aromatic rings. The Hall–Kier alpha value is -1.55. The molecule has 18 heavy (non-hydrogen) atoms.